The van der Waals surface area contributed by atoms with E-state index in [2.05, 4.69) is 15.1 Å². The van der Waals surface area contributed by atoms with Crippen LogP contribution in [0.25, 0.3) is 11.5 Å². The molecule has 0 bridgehead atoms. The van der Waals surface area contributed by atoms with Crippen molar-refractivity contribution in [1.29, 1.82) is 0 Å². The summed E-state index contributed by atoms with van der Waals surface area (Å²) in [7, 11) is 0. The minimum atomic E-state index is -0.681. The van der Waals surface area contributed by atoms with Crippen LogP contribution in [-0.4, -0.2) is 20.2 Å². The SMILES string of the molecule is CC(c1nc(-c2cscn2)no1)C(O)c1ccccc1. The summed E-state index contributed by atoms with van der Waals surface area (Å²) in [6, 6.07) is 9.44. The van der Waals surface area contributed by atoms with Gasteiger partial charge >= 0.3 is 0 Å². The van der Waals surface area contributed by atoms with Crippen LogP contribution >= 0.6 is 11.3 Å². The highest BCUT2D eigenvalue weighted by molar-refractivity contribution is 7.07. The van der Waals surface area contributed by atoms with Gasteiger partial charge in [0.15, 0.2) is 0 Å². The molecule has 2 unspecified atom stereocenters. The van der Waals surface area contributed by atoms with Crippen molar-refractivity contribution in [1.82, 2.24) is 15.1 Å². The molecule has 0 aliphatic rings. The number of rotatable bonds is 4. The van der Waals surface area contributed by atoms with Gasteiger partial charge in [-0.25, -0.2) is 4.98 Å². The van der Waals surface area contributed by atoms with Gasteiger partial charge in [0.05, 0.1) is 17.5 Å². The standard InChI is InChI=1S/C14H13N3O2S/c1-9(12(18)10-5-3-2-4-6-10)14-16-13(17-19-14)11-7-20-8-15-11/h2-9,12,18H,1H3. The topological polar surface area (TPSA) is 72.0 Å². The minimum Gasteiger partial charge on any atom is -0.388 e. The monoisotopic (exact) mass is 287 g/mol. The van der Waals surface area contributed by atoms with E-state index in [-0.39, 0.29) is 5.92 Å². The third kappa shape index (κ3) is 2.48. The van der Waals surface area contributed by atoms with Crippen molar-refractivity contribution in [3.63, 3.8) is 0 Å². The molecule has 0 radical (unpaired) electrons. The summed E-state index contributed by atoms with van der Waals surface area (Å²) in [6.07, 6.45) is -0.681. The molecule has 0 aliphatic carbocycles. The zero-order chi connectivity index (χ0) is 13.9. The highest BCUT2D eigenvalue weighted by Gasteiger charge is 2.24. The number of aromatic nitrogens is 3. The van der Waals surface area contributed by atoms with Gasteiger partial charge in [-0.3, -0.25) is 0 Å². The Labute approximate surface area is 119 Å². The van der Waals surface area contributed by atoms with Gasteiger partial charge in [0.1, 0.15) is 5.69 Å². The molecule has 20 heavy (non-hydrogen) atoms. The number of benzene rings is 1. The molecule has 0 aliphatic heterocycles. The molecule has 0 spiro atoms. The van der Waals surface area contributed by atoms with Crippen molar-refractivity contribution in [2.24, 2.45) is 0 Å². The van der Waals surface area contributed by atoms with Crippen LogP contribution in [-0.2, 0) is 0 Å². The second kappa shape index (κ2) is 5.52. The number of aliphatic hydroxyl groups excluding tert-OH is 1. The fourth-order valence-corrected chi connectivity index (χ4v) is 2.45. The highest BCUT2D eigenvalue weighted by atomic mass is 32.1. The molecule has 2 atom stereocenters. The Balaban J connectivity index is 1.82. The maximum absolute atomic E-state index is 10.3. The first-order valence-electron chi connectivity index (χ1n) is 6.21. The predicted octanol–water partition coefficient (Wildman–Crippen LogP) is 3.03. The lowest BCUT2D eigenvalue weighted by Crippen LogP contribution is -2.07. The summed E-state index contributed by atoms with van der Waals surface area (Å²) in [6.45, 7) is 1.86. The summed E-state index contributed by atoms with van der Waals surface area (Å²) in [4.78, 5) is 8.44. The lowest BCUT2D eigenvalue weighted by molar-refractivity contribution is 0.135. The number of aliphatic hydroxyl groups is 1. The quantitative estimate of drug-likeness (QED) is 0.798. The van der Waals surface area contributed by atoms with Crippen LogP contribution in [0.2, 0.25) is 0 Å². The van der Waals surface area contributed by atoms with Gasteiger partial charge in [-0.05, 0) is 5.56 Å². The average molecular weight is 287 g/mol. The summed E-state index contributed by atoms with van der Waals surface area (Å²) < 4.78 is 5.24. The van der Waals surface area contributed by atoms with E-state index in [1.807, 2.05) is 42.6 Å². The van der Waals surface area contributed by atoms with Crippen molar-refractivity contribution in [2.75, 3.05) is 0 Å². The van der Waals surface area contributed by atoms with Crippen LogP contribution in [0.1, 0.15) is 30.4 Å². The molecule has 3 aromatic rings. The lowest BCUT2D eigenvalue weighted by atomic mass is 9.97. The van der Waals surface area contributed by atoms with E-state index in [0.717, 1.165) is 5.56 Å². The number of nitrogens with zero attached hydrogens (tertiary/aromatic N) is 3. The zero-order valence-electron chi connectivity index (χ0n) is 10.8. The summed E-state index contributed by atoms with van der Waals surface area (Å²) >= 11 is 1.47. The van der Waals surface area contributed by atoms with E-state index in [1.54, 1.807) is 5.51 Å². The van der Waals surface area contributed by atoms with Gasteiger partial charge in [0.2, 0.25) is 11.7 Å². The highest BCUT2D eigenvalue weighted by Crippen LogP contribution is 2.30. The maximum atomic E-state index is 10.3. The molecule has 0 saturated heterocycles. The molecule has 5 nitrogen and oxygen atoms in total. The van der Waals surface area contributed by atoms with Gasteiger partial charge in [0.25, 0.3) is 0 Å². The van der Waals surface area contributed by atoms with E-state index >= 15 is 0 Å². The number of thiazole rings is 1. The van der Waals surface area contributed by atoms with Crippen LogP contribution in [0, 0.1) is 0 Å². The molecule has 3 rings (SSSR count). The third-order valence-electron chi connectivity index (χ3n) is 3.11. The van der Waals surface area contributed by atoms with Gasteiger partial charge < -0.3 is 9.63 Å². The van der Waals surface area contributed by atoms with E-state index in [9.17, 15) is 5.11 Å². The smallest absolute Gasteiger partial charge is 0.232 e. The molecule has 1 N–H and O–H groups in total. The Morgan fingerprint density at radius 1 is 1.25 bits per heavy atom. The summed E-state index contributed by atoms with van der Waals surface area (Å²) in [5.41, 5.74) is 3.23. The lowest BCUT2D eigenvalue weighted by Gasteiger charge is -2.15. The van der Waals surface area contributed by atoms with Gasteiger partial charge in [-0.15, -0.1) is 11.3 Å². The molecular weight excluding hydrogens is 274 g/mol. The van der Waals surface area contributed by atoms with Gasteiger partial charge in [-0.1, -0.05) is 42.4 Å². The molecule has 2 heterocycles. The van der Waals surface area contributed by atoms with Crippen LogP contribution in [0.5, 0.6) is 0 Å². The van der Waals surface area contributed by atoms with Crippen LogP contribution in [0.15, 0.2) is 45.7 Å². The van der Waals surface area contributed by atoms with E-state index in [4.69, 9.17) is 4.52 Å². The third-order valence-corrected chi connectivity index (χ3v) is 3.69. The molecule has 2 aromatic heterocycles. The second-order valence-corrected chi connectivity index (χ2v) is 5.19. The van der Waals surface area contributed by atoms with Crippen molar-refractivity contribution in [3.05, 3.63) is 52.7 Å². The largest absolute Gasteiger partial charge is 0.388 e. The number of hydrogen-bond donors (Lipinski definition) is 1. The second-order valence-electron chi connectivity index (χ2n) is 4.47. The van der Waals surface area contributed by atoms with Crippen molar-refractivity contribution in [2.45, 2.75) is 18.9 Å². The molecular formula is C14H13N3O2S. The van der Waals surface area contributed by atoms with Crippen LogP contribution in [0.4, 0.5) is 0 Å². The maximum Gasteiger partial charge on any atom is 0.232 e. The molecule has 0 fully saturated rings. The van der Waals surface area contributed by atoms with Crippen LogP contribution in [0.3, 0.4) is 0 Å². The molecule has 102 valence electrons. The molecule has 0 amide bonds. The van der Waals surface area contributed by atoms with Gasteiger partial charge in [-0.2, -0.15) is 4.98 Å². The number of hydrogen-bond acceptors (Lipinski definition) is 6. The molecule has 6 heteroatoms. The first-order chi connectivity index (χ1) is 9.75. The normalized spacial score (nSPS) is 14.1. The first kappa shape index (κ1) is 13.0. The Morgan fingerprint density at radius 2 is 2.05 bits per heavy atom. The first-order valence-corrected chi connectivity index (χ1v) is 7.15. The predicted molar refractivity (Wildman–Crippen MR) is 75.2 cm³/mol. The van der Waals surface area contributed by atoms with Crippen LogP contribution < -0.4 is 0 Å². The van der Waals surface area contributed by atoms with E-state index < -0.39 is 6.10 Å². The summed E-state index contributed by atoms with van der Waals surface area (Å²) in [5, 5.41) is 16.1. The fraction of sp³-hybridized carbons (Fsp3) is 0.214. The Hall–Kier alpha value is -2.05. The Kier molecular flexibility index (Phi) is 3.58. The van der Waals surface area contributed by atoms with Crippen molar-refractivity contribution in [3.8, 4) is 11.5 Å². The Bertz CT molecular complexity index is 667. The van der Waals surface area contributed by atoms with Gasteiger partial charge in [0, 0.05) is 5.38 Å². The van der Waals surface area contributed by atoms with E-state index in [1.165, 1.54) is 11.3 Å². The van der Waals surface area contributed by atoms with Crippen molar-refractivity contribution >= 4 is 11.3 Å². The molecule has 1 aromatic carbocycles. The van der Waals surface area contributed by atoms with E-state index in [0.29, 0.717) is 17.4 Å². The average Bonchev–Trinajstić information content (AvgIpc) is 3.17. The zero-order valence-corrected chi connectivity index (χ0v) is 11.6. The summed E-state index contributed by atoms with van der Waals surface area (Å²) in [5.74, 6) is 0.579. The Morgan fingerprint density at radius 3 is 2.75 bits per heavy atom. The molecule has 0 saturated carbocycles. The fourth-order valence-electron chi connectivity index (χ4n) is 1.92. The minimum absolute atomic E-state index is 0.280. The van der Waals surface area contributed by atoms with Crippen molar-refractivity contribution < 1.29 is 9.63 Å².